The van der Waals surface area contributed by atoms with Gasteiger partial charge in [0.15, 0.2) is 0 Å². The summed E-state index contributed by atoms with van der Waals surface area (Å²) in [4.78, 5) is 2.19. The highest BCUT2D eigenvalue weighted by atomic mass is 16.3. The molecule has 0 radical (unpaired) electrons. The molecule has 0 aliphatic rings. The molecule has 0 aliphatic heterocycles. The van der Waals surface area contributed by atoms with Gasteiger partial charge in [-0.25, -0.2) is 0 Å². The third kappa shape index (κ3) is 3.81. The van der Waals surface area contributed by atoms with Gasteiger partial charge < -0.3 is 10.0 Å². The van der Waals surface area contributed by atoms with Crippen LogP contribution in [0.4, 0.5) is 0 Å². The summed E-state index contributed by atoms with van der Waals surface area (Å²) in [6.07, 6.45) is 1.47. The Morgan fingerprint density at radius 1 is 1.05 bits per heavy atom. The molecule has 20 heavy (non-hydrogen) atoms. The van der Waals surface area contributed by atoms with Gasteiger partial charge in [0.2, 0.25) is 0 Å². The van der Waals surface area contributed by atoms with Crippen LogP contribution in [-0.2, 0) is 6.42 Å². The number of rotatable bonds is 6. The van der Waals surface area contributed by atoms with Gasteiger partial charge in [-0.1, -0.05) is 42.5 Å². The average Bonchev–Trinajstić information content (AvgIpc) is 2.44. The second-order valence-electron chi connectivity index (χ2n) is 5.86. The van der Waals surface area contributed by atoms with E-state index in [2.05, 4.69) is 68.3 Å². The lowest BCUT2D eigenvalue weighted by Gasteiger charge is -2.24. The van der Waals surface area contributed by atoms with Gasteiger partial charge in [-0.2, -0.15) is 0 Å². The van der Waals surface area contributed by atoms with E-state index in [1.807, 2.05) is 0 Å². The van der Waals surface area contributed by atoms with Crippen LogP contribution in [0.25, 0.3) is 10.8 Å². The van der Waals surface area contributed by atoms with Gasteiger partial charge in [0.05, 0.1) is 6.10 Å². The fraction of sp³-hybridized carbons (Fsp3) is 0.444. The molecule has 0 amide bonds. The van der Waals surface area contributed by atoms with Gasteiger partial charge in [0.1, 0.15) is 0 Å². The van der Waals surface area contributed by atoms with E-state index >= 15 is 0 Å². The molecule has 0 spiro atoms. The predicted octanol–water partition coefficient (Wildman–Crippen LogP) is 3.47. The van der Waals surface area contributed by atoms with Gasteiger partial charge in [0, 0.05) is 12.6 Å². The third-order valence-electron chi connectivity index (χ3n) is 4.01. The topological polar surface area (TPSA) is 23.5 Å². The van der Waals surface area contributed by atoms with Crippen molar-refractivity contribution in [1.82, 2.24) is 4.90 Å². The number of hydrogen-bond acceptors (Lipinski definition) is 2. The van der Waals surface area contributed by atoms with Crippen LogP contribution in [0.3, 0.4) is 0 Å². The zero-order valence-corrected chi connectivity index (χ0v) is 12.7. The number of hydrogen-bond donors (Lipinski definition) is 1. The maximum Gasteiger partial charge on any atom is 0.0670 e. The van der Waals surface area contributed by atoms with Gasteiger partial charge in [-0.15, -0.1) is 0 Å². The summed E-state index contributed by atoms with van der Waals surface area (Å²) in [6, 6.07) is 15.3. The highest BCUT2D eigenvalue weighted by Crippen LogP contribution is 2.20. The number of aryl methyl sites for hydroxylation is 1. The third-order valence-corrected chi connectivity index (χ3v) is 4.01. The monoisotopic (exact) mass is 271 g/mol. The number of fused-ring (bicyclic) bond motifs is 1. The molecule has 0 saturated carbocycles. The minimum absolute atomic E-state index is 0.263. The Morgan fingerprint density at radius 2 is 1.75 bits per heavy atom. The summed E-state index contributed by atoms with van der Waals surface area (Å²) < 4.78 is 0. The van der Waals surface area contributed by atoms with Crippen molar-refractivity contribution in [3.8, 4) is 0 Å². The molecular weight excluding hydrogens is 246 g/mol. The van der Waals surface area contributed by atoms with Crippen LogP contribution in [0.2, 0.25) is 0 Å². The lowest BCUT2D eigenvalue weighted by atomic mass is 9.99. The van der Waals surface area contributed by atoms with E-state index < -0.39 is 0 Å². The van der Waals surface area contributed by atoms with Gasteiger partial charge >= 0.3 is 0 Å². The summed E-state index contributed by atoms with van der Waals surface area (Å²) in [5.74, 6) is 0. The van der Waals surface area contributed by atoms with Crippen LogP contribution in [0.1, 0.15) is 25.8 Å². The molecule has 2 aromatic rings. The van der Waals surface area contributed by atoms with E-state index in [1.165, 1.54) is 16.3 Å². The Morgan fingerprint density at radius 3 is 2.50 bits per heavy atom. The molecule has 0 saturated heterocycles. The molecular formula is C18H25NO. The molecule has 0 aromatic heterocycles. The molecule has 2 nitrogen and oxygen atoms in total. The number of benzene rings is 2. The quantitative estimate of drug-likeness (QED) is 0.869. The first-order chi connectivity index (χ1) is 9.58. The van der Waals surface area contributed by atoms with Crippen molar-refractivity contribution in [2.24, 2.45) is 0 Å². The van der Waals surface area contributed by atoms with Crippen LogP contribution in [-0.4, -0.2) is 35.7 Å². The molecule has 0 bridgehead atoms. The number of aliphatic hydroxyl groups excluding tert-OH is 1. The maximum atomic E-state index is 10.2. The van der Waals surface area contributed by atoms with Gasteiger partial charge in [-0.3, -0.25) is 0 Å². The van der Waals surface area contributed by atoms with E-state index in [0.29, 0.717) is 6.04 Å². The van der Waals surface area contributed by atoms with Crippen molar-refractivity contribution in [1.29, 1.82) is 0 Å². The second kappa shape index (κ2) is 6.87. The van der Waals surface area contributed by atoms with Gasteiger partial charge in [0.25, 0.3) is 0 Å². The fourth-order valence-corrected chi connectivity index (χ4v) is 2.47. The molecule has 0 aliphatic carbocycles. The number of likely N-dealkylation sites (N-methyl/N-ethyl adjacent to an activating group) is 1. The molecule has 2 rings (SSSR count). The van der Waals surface area contributed by atoms with E-state index in [-0.39, 0.29) is 6.10 Å². The first kappa shape index (κ1) is 15.0. The lowest BCUT2D eigenvalue weighted by Crippen LogP contribution is -2.34. The molecule has 0 fully saturated rings. The minimum atomic E-state index is -0.263. The summed E-state index contributed by atoms with van der Waals surface area (Å²) in [6.45, 7) is 5.04. The summed E-state index contributed by atoms with van der Waals surface area (Å²) in [7, 11) is 2.06. The second-order valence-corrected chi connectivity index (χ2v) is 5.86. The smallest absolute Gasteiger partial charge is 0.0670 e. The minimum Gasteiger partial charge on any atom is -0.392 e. The van der Waals surface area contributed by atoms with Crippen molar-refractivity contribution in [3.05, 3.63) is 48.0 Å². The number of nitrogens with zero attached hydrogens (tertiary/aromatic N) is 1. The van der Waals surface area contributed by atoms with Crippen molar-refractivity contribution in [2.45, 2.75) is 38.8 Å². The van der Waals surface area contributed by atoms with E-state index in [0.717, 1.165) is 19.4 Å². The molecule has 1 N–H and O–H groups in total. The molecule has 2 heteroatoms. The summed E-state index contributed by atoms with van der Waals surface area (Å²) in [5, 5.41) is 12.7. The Bertz CT molecular complexity index is 545. The van der Waals surface area contributed by atoms with Crippen LogP contribution in [0.15, 0.2) is 42.5 Å². The molecule has 0 heterocycles. The first-order valence-electron chi connectivity index (χ1n) is 7.43. The Labute approximate surface area is 122 Å². The molecule has 1 unspecified atom stereocenters. The lowest BCUT2D eigenvalue weighted by molar-refractivity contribution is 0.105. The van der Waals surface area contributed by atoms with Crippen LogP contribution in [0, 0.1) is 0 Å². The molecule has 1 atom stereocenters. The summed E-state index contributed by atoms with van der Waals surface area (Å²) in [5.41, 5.74) is 1.33. The first-order valence-corrected chi connectivity index (χ1v) is 7.43. The van der Waals surface area contributed by atoms with Crippen molar-refractivity contribution in [3.63, 3.8) is 0 Å². The molecule has 2 aromatic carbocycles. The maximum absolute atomic E-state index is 10.2. The predicted molar refractivity (Wildman–Crippen MR) is 86.0 cm³/mol. The zero-order chi connectivity index (χ0) is 14.5. The van der Waals surface area contributed by atoms with E-state index in [4.69, 9.17) is 0 Å². The summed E-state index contributed by atoms with van der Waals surface area (Å²) >= 11 is 0. The van der Waals surface area contributed by atoms with Crippen molar-refractivity contribution in [2.75, 3.05) is 13.6 Å². The van der Waals surface area contributed by atoms with Crippen LogP contribution < -0.4 is 0 Å². The van der Waals surface area contributed by atoms with Crippen LogP contribution >= 0.6 is 0 Å². The highest BCUT2D eigenvalue weighted by Gasteiger charge is 2.11. The van der Waals surface area contributed by atoms with Crippen LogP contribution in [0.5, 0.6) is 0 Å². The number of aliphatic hydroxyl groups is 1. The normalized spacial score (nSPS) is 13.3. The van der Waals surface area contributed by atoms with E-state index in [9.17, 15) is 5.11 Å². The Kier molecular flexibility index (Phi) is 5.16. The highest BCUT2D eigenvalue weighted by molar-refractivity contribution is 5.85. The van der Waals surface area contributed by atoms with Gasteiger partial charge in [-0.05, 0) is 50.1 Å². The SMILES string of the molecule is CC(C)N(C)CC(O)CCc1cccc2ccccc12. The average molecular weight is 271 g/mol. The largest absolute Gasteiger partial charge is 0.392 e. The van der Waals surface area contributed by atoms with E-state index in [1.54, 1.807) is 0 Å². The Hall–Kier alpha value is -1.38. The van der Waals surface area contributed by atoms with Crippen molar-refractivity contribution >= 4 is 10.8 Å². The Balaban J connectivity index is 1.99. The molecule has 108 valence electrons. The standard InChI is InChI=1S/C18H25NO/c1-14(2)19(3)13-17(20)12-11-16-9-6-8-15-7-4-5-10-18(15)16/h4-10,14,17,20H,11-13H2,1-3H3. The zero-order valence-electron chi connectivity index (χ0n) is 12.7. The fourth-order valence-electron chi connectivity index (χ4n) is 2.47. The van der Waals surface area contributed by atoms with Crippen molar-refractivity contribution < 1.29 is 5.11 Å².